The van der Waals surface area contributed by atoms with Crippen molar-refractivity contribution >= 4 is 5.97 Å². The average molecular weight is 339 g/mol. The van der Waals surface area contributed by atoms with Crippen molar-refractivity contribution < 1.29 is 9.53 Å². The van der Waals surface area contributed by atoms with Crippen LogP contribution in [0.15, 0.2) is 12.7 Å². The first-order chi connectivity index (χ1) is 11.6. The monoisotopic (exact) mass is 338 g/mol. The van der Waals surface area contributed by atoms with Crippen LogP contribution in [0.1, 0.15) is 104 Å². The smallest absolute Gasteiger partial charge is 0.330 e. The number of carbonyl (C=O) groups excluding carboxylic acids is 1. The Balaban J connectivity index is 3.56. The maximum atomic E-state index is 11.0. The van der Waals surface area contributed by atoms with Gasteiger partial charge in [0, 0.05) is 6.08 Å². The van der Waals surface area contributed by atoms with Crippen molar-refractivity contribution in [3.8, 4) is 0 Å². The highest BCUT2D eigenvalue weighted by molar-refractivity contribution is 5.81. The summed E-state index contributed by atoms with van der Waals surface area (Å²) in [6.45, 7) is 10.9. The molecule has 2 heteroatoms. The van der Waals surface area contributed by atoms with E-state index < -0.39 is 0 Å². The van der Waals surface area contributed by atoms with Gasteiger partial charge in [0.05, 0.1) is 6.61 Å². The van der Waals surface area contributed by atoms with E-state index in [4.69, 9.17) is 4.74 Å². The third-order valence-electron chi connectivity index (χ3n) is 5.00. The van der Waals surface area contributed by atoms with E-state index in [1.165, 1.54) is 76.7 Å². The van der Waals surface area contributed by atoms with Crippen LogP contribution in [0.4, 0.5) is 0 Å². The van der Waals surface area contributed by atoms with Crippen LogP contribution in [0.25, 0.3) is 0 Å². The van der Waals surface area contributed by atoms with E-state index in [-0.39, 0.29) is 5.97 Å². The van der Waals surface area contributed by atoms with Gasteiger partial charge in [-0.15, -0.1) is 0 Å². The van der Waals surface area contributed by atoms with Crippen LogP contribution < -0.4 is 0 Å². The van der Waals surface area contributed by atoms with Crippen LogP contribution in [0.5, 0.6) is 0 Å². The Morgan fingerprint density at radius 3 is 1.88 bits per heavy atom. The van der Waals surface area contributed by atoms with Gasteiger partial charge in [0.1, 0.15) is 0 Å². The maximum Gasteiger partial charge on any atom is 0.330 e. The van der Waals surface area contributed by atoms with E-state index in [0.717, 1.165) is 24.7 Å². The fourth-order valence-corrected chi connectivity index (χ4v) is 3.27. The molecule has 0 aliphatic carbocycles. The molecule has 0 aliphatic rings. The van der Waals surface area contributed by atoms with Gasteiger partial charge in [-0.05, 0) is 24.7 Å². The first-order valence-corrected chi connectivity index (χ1v) is 10.4. The molecule has 0 saturated heterocycles. The molecule has 0 saturated carbocycles. The first-order valence-electron chi connectivity index (χ1n) is 10.4. The minimum Gasteiger partial charge on any atom is -0.463 e. The Morgan fingerprint density at radius 2 is 1.38 bits per heavy atom. The van der Waals surface area contributed by atoms with Crippen molar-refractivity contribution in [3.63, 3.8) is 0 Å². The molecule has 0 fully saturated rings. The molecule has 0 amide bonds. The fourth-order valence-electron chi connectivity index (χ4n) is 3.27. The lowest BCUT2D eigenvalue weighted by Gasteiger charge is -2.20. The normalized spacial score (nSPS) is 12.3. The van der Waals surface area contributed by atoms with Crippen LogP contribution >= 0.6 is 0 Å². The molecule has 1 unspecified atom stereocenters. The predicted molar refractivity (Wildman–Crippen MR) is 105 cm³/mol. The minimum atomic E-state index is -0.301. The summed E-state index contributed by atoms with van der Waals surface area (Å²) in [6, 6.07) is 0. The summed E-state index contributed by atoms with van der Waals surface area (Å²) in [5.74, 6) is 1.28. The lowest BCUT2D eigenvalue weighted by Crippen LogP contribution is -2.10. The summed E-state index contributed by atoms with van der Waals surface area (Å²) in [4.78, 5) is 11.0. The molecule has 0 rings (SSSR count). The van der Waals surface area contributed by atoms with E-state index in [9.17, 15) is 4.79 Å². The number of hydrogen-bond acceptors (Lipinski definition) is 2. The third-order valence-corrected chi connectivity index (χ3v) is 5.00. The number of rotatable bonds is 17. The van der Waals surface area contributed by atoms with E-state index in [2.05, 4.69) is 27.4 Å². The molecule has 1 atom stereocenters. The molecule has 142 valence electrons. The Bertz CT molecular complexity index is 296. The molecule has 0 spiro atoms. The highest BCUT2D eigenvalue weighted by atomic mass is 16.5. The molecular weight excluding hydrogens is 296 g/mol. The Morgan fingerprint density at radius 1 is 0.875 bits per heavy atom. The van der Waals surface area contributed by atoms with Gasteiger partial charge in [0.2, 0.25) is 0 Å². The fraction of sp³-hybridized carbons (Fsp3) is 0.864. The summed E-state index contributed by atoms with van der Waals surface area (Å²) in [5.41, 5.74) is 0. The van der Waals surface area contributed by atoms with Crippen LogP contribution in [0, 0.1) is 11.8 Å². The summed E-state index contributed by atoms with van der Waals surface area (Å²) in [5, 5.41) is 0. The van der Waals surface area contributed by atoms with Gasteiger partial charge >= 0.3 is 5.97 Å². The summed E-state index contributed by atoms with van der Waals surface area (Å²) < 4.78 is 5.04. The summed E-state index contributed by atoms with van der Waals surface area (Å²) in [7, 11) is 0. The molecule has 0 aromatic carbocycles. The highest BCUT2D eigenvalue weighted by Crippen LogP contribution is 2.25. The van der Waals surface area contributed by atoms with Gasteiger partial charge in [-0.2, -0.15) is 0 Å². The Labute approximate surface area is 151 Å². The van der Waals surface area contributed by atoms with Gasteiger partial charge in [0.15, 0.2) is 0 Å². The number of unbranched alkanes of at least 4 members (excludes halogenated alkanes) is 9. The summed E-state index contributed by atoms with van der Waals surface area (Å²) in [6.07, 6.45) is 18.6. The first kappa shape index (κ1) is 23.2. The van der Waals surface area contributed by atoms with Crippen LogP contribution in [0.3, 0.4) is 0 Å². The predicted octanol–water partition coefficient (Wildman–Crippen LogP) is 7.08. The van der Waals surface area contributed by atoms with E-state index in [0.29, 0.717) is 6.61 Å². The van der Waals surface area contributed by atoms with Crippen molar-refractivity contribution in [2.45, 2.75) is 104 Å². The quantitative estimate of drug-likeness (QED) is 0.161. The van der Waals surface area contributed by atoms with Crippen LogP contribution in [0.2, 0.25) is 0 Å². The SMILES string of the molecule is C=CC(=O)OCCCCC(CCCCCCCCCCC)C(C)C. The van der Waals surface area contributed by atoms with Crippen molar-refractivity contribution in [2.24, 2.45) is 11.8 Å². The zero-order valence-electron chi connectivity index (χ0n) is 16.7. The van der Waals surface area contributed by atoms with Crippen LogP contribution in [-0.2, 0) is 9.53 Å². The highest BCUT2D eigenvalue weighted by Gasteiger charge is 2.12. The van der Waals surface area contributed by atoms with Gasteiger partial charge < -0.3 is 4.74 Å². The molecular formula is C22H42O2. The van der Waals surface area contributed by atoms with Gasteiger partial charge in [-0.1, -0.05) is 98.0 Å². The Kier molecular flexibility index (Phi) is 16.5. The third kappa shape index (κ3) is 14.8. The molecule has 0 aliphatic heterocycles. The maximum absolute atomic E-state index is 11.0. The molecule has 0 aromatic rings. The van der Waals surface area contributed by atoms with Crippen molar-refractivity contribution in [3.05, 3.63) is 12.7 Å². The van der Waals surface area contributed by atoms with Crippen LogP contribution in [-0.4, -0.2) is 12.6 Å². The van der Waals surface area contributed by atoms with Gasteiger partial charge in [-0.25, -0.2) is 4.79 Å². The lowest BCUT2D eigenvalue weighted by atomic mass is 9.86. The Hall–Kier alpha value is -0.790. The summed E-state index contributed by atoms with van der Waals surface area (Å²) >= 11 is 0. The second kappa shape index (κ2) is 17.0. The zero-order chi connectivity index (χ0) is 18.0. The van der Waals surface area contributed by atoms with Gasteiger partial charge in [-0.3, -0.25) is 0 Å². The number of hydrogen-bond donors (Lipinski definition) is 0. The molecule has 2 nitrogen and oxygen atoms in total. The standard InChI is InChI=1S/C22H42O2/c1-5-7-8-9-10-11-12-13-14-17-21(20(3)4)18-15-16-19-24-22(23)6-2/h6,20-21H,2,5,7-19H2,1,3-4H3. The van der Waals surface area contributed by atoms with Crippen molar-refractivity contribution in [2.75, 3.05) is 6.61 Å². The second-order valence-electron chi connectivity index (χ2n) is 7.49. The zero-order valence-corrected chi connectivity index (χ0v) is 16.7. The largest absolute Gasteiger partial charge is 0.463 e. The second-order valence-corrected chi connectivity index (χ2v) is 7.49. The van der Waals surface area contributed by atoms with E-state index in [1.807, 2.05) is 0 Å². The number of esters is 1. The topological polar surface area (TPSA) is 26.3 Å². The number of carbonyl (C=O) groups is 1. The lowest BCUT2D eigenvalue weighted by molar-refractivity contribution is -0.137. The van der Waals surface area contributed by atoms with Crippen molar-refractivity contribution in [1.29, 1.82) is 0 Å². The average Bonchev–Trinajstić information content (AvgIpc) is 2.57. The molecule has 0 radical (unpaired) electrons. The minimum absolute atomic E-state index is 0.301. The molecule has 0 aromatic heterocycles. The number of ether oxygens (including phenoxy) is 1. The molecule has 24 heavy (non-hydrogen) atoms. The van der Waals surface area contributed by atoms with E-state index >= 15 is 0 Å². The van der Waals surface area contributed by atoms with E-state index in [1.54, 1.807) is 0 Å². The van der Waals surface area contributed by atoms with Crippen molar-refractivity contribution in [1.82, 2.24) is 0 Å². The molecule has 0 bridgehead atoms. The molecule has 0 N–H and O–H groups in total. The molecule has 0 heterocycles. The van der Waals surface area contributed by atoms with Gasteiger partial charge in [0.25, 0.3) is 0 Å².